The molecule has 0 amide bonds. The molecule has 2 aromatic rings. The summed E-state index contributed by atoms with van der Waals surface area (Å²) in [5.41, 5.74) is 0. The first-order valence-electron chi connectivity index (χ1n) is 16.2. The minimum Gasteiger partial charge on any atom is -0.487 e. The lowest BCUT2D eigenvalue weighted by Crippen LogP contribution is -2.17. The highest BCUT2D eigenvalue weighted by Gasteiger charge is 2.19. The Balaban J connectivity index is 1.04. The van der Waals surface area contributed by atoms with Crippen LogP contribution in [0.3, 0.4) is 0 Å². The highest BCUT2D eigenvalue weighted by molar-refractivity contribution is 5.55. The van der Waals surface area contributed by atoms with Crippen molar-refractivity contribution in [2.75, 3.05) is 126 Å². The van der Waals surface area contributed by atoms with Crippen molar-refractivity contribution in [3.63, 3.8) is 0 Å². The number of aliphatic hydroxyl groups is 1. The summed E-state index contributed by atoms with van der Waals surface area (Å²) in [6.45, 7) is 9.61. The first-order chi connectivity index (χ1) is 23.3. The number of hydrogen-bond acceptors (Lipinski definition) is 14. The van der Waals surface area contributed by atoms with E-state index >= 15 is 0 Å². The zero-order valence-corrected chi connectivity index (χ0v) is 27.2. The van der Waals surface area contributed by atoms with Crippen molar-refractivity contribution in [1.29, 1.82) is 0 Å². The molecule has 2 aromatic carbocycles. The third kappa shape index (κ3) is 13.3. The molecule has 2 aliphatic heterocycles. The molecule has 0 saturated heterocycles. The molecule has 0 radical (unpaired) electrons. The monoisotopic (exact) mass is 668 g/mol. The lowest BCUT2D eigenvalue weighted by molar-refractivity contribution is 0.00459. The Hall–Kier alpha value is -3.40. The van der Waals surface area contributed by atoms with Gasteiger partial charge in [-0.15, -0.1) is 0 Å². The number of rotatable bonds is 26. The van der Waals surface area contributed by atoms with Gasteiger partial charge in [0, 0.05) is 30.9 Å². The first kappa shape index (κ1) is 36.4. The minimum absolute atomic E-state index is 0.111. The van der Waals surface area contributed by atoms with Crippen LogP contribution >= 0.6 is 0 Å². The van der Waals surface area contributed by atoms with Gasteiger partial charge in [-0.3, -0.25) is 0 Å². The van der Waals surface area contributed by atoms with Gasteiger partial charge in [-0.25, -0.2) is 0 Å². The fourth-order valence-electron chi connectivity index (χ4n) is 4.35. The standard InChI is InChI=1S/C33H48O14/c1-2-4-35-6-7-37-12-16-42-28-24-32-33(47-21-20-46-32)25-29(28)43-17-14-39-11-9-36-8-10-38-13-15-41-27-23-31-30(44-18-19-45-31)22-26(27)40-5-3-34/h22-25,34H,2-21H2,1H3. The van der Waals surface area contributed by atoms with Crippen molar-refractivity contribution in [2.24, 2.45) is 0 Å². The molecule has 2 aliphatic rings. The second-order valence-electron chi connectivity index (χ2n) is 10.1. The quantitative estimate of drug-likeness (QED) is 0.147. The molecule has 0 fully saturated rings. The Morgan fingerprint density at radius 3 is 1.00 bits per heavy atom. The number of fused-ring (bicyclic) bond motifs is 2. The van der Waals surface area contributed by atoms with Crippen LogP contribution in [0.15, 0.2) is 24.3 Å². The molecule has 0 unspecified atom stereocenters. The normalized spacial score (nSPS) is 13.3. The summed E-state index contributed by atoms with van der Waals surface area (Å²) in [7, 11) is 0. The number of benzene rings is 2. The topological polar surface area (TPSA) is 140 Å². The van der Waals surface area contributed by atoms with Crippen molar-refractivity contribution in [3.05, 3.63) is 24.3 Å². The van der Waals surface area contributed by atoms with Gasteiger partial charge >= 0.3 is 0 Å². The minimum atomic E-state index is -0.111. The van der Waals surface area contributed by atoms with Crippen molar-refractivity contribution in [1.82, 2.24) is 0 Å². The molecule has 4 rings (SSSR count). The van der Waals surface area contributed by atoms with Crippen LogP contribution < -0.4 is 37.9 Å². The van der Waals surface area contributed by atoms with E-state index in [0.29, 0.717) is 152 Å². The predicted molar refractivity (Wildman–Crippen MR) is 168 cm³/mol. The van der Waals surface area contributed by atoms with Crippen LogP contribution in [0, 0.1) is 0 Å². The Labute approximate surface area is 275 Å². The van der Waals surface area contributed by atoms with Crippen molar-refractivity contribution in [2.45, 2.75) is 13.3 Å². The molecule has 264 valence electrons. The highest BCUT2D eigenvalue weighted by Crippen LogP contribution is 2.42. The van der Waals surface area contributed by atoms with E-state index < -0.39 is 0 Å². The van der Waals surface area contributed by atoms with E-state index in [1.807, 2.05) is 0 Å². The number of aliphatic hydroxyl groups excluding tert-OH is 1. The molecular weight excluding hydrogens is 620 g/mol. The maximum absolute atomic E-state index is 9.10. The summed E-state index contributed by atoms with van der Waals surface area (Å²) >= 11 is 0. The maximum Gasteiger partial charge on any atom is 0.165 e. The van der Waals surface area contributed by atoms with Gasteiger partial charge in [0.15, 0.2) is 46.0 Å². The highest BCUT2D eigenvalue weighted by atomic mass is 16.6. The molecule has 14 heteroatoms. The van der Waals surface area contributed by atoms with Gasteiger partial charge in [-0.1, -0.05) is 6.92 Å². The van der Waals surface area contributed by atoms with Gasteiger partial charge in [0.2, 0.25) is 0 Å². The number of hydrogen-bond donors (Lipinski definition) is 1. The van der Waals surface area contributed by atoms with Crippen LogP contribution in [0.25, 0.3) is 0 Å². The molecule has 14 nitrogen and oxygen atoms in total. The van der Waals surface area contributed by atoms with Crippen LogP contribution in [0.2, 0.25) is 0 Å². The third-order valence-corrected chi connectivity index (χ3v) is 6.49. The van der Waals surface area contributed by atoms with Gasteiger partial charge < -0.3 is 66.7 Å². The molecule has 0 aliphatic carbocycles. The summed E-state index contributed by atoms with van der Waals surface area (Å²) in [6.07, 6.45) is 0.986. The van der Waals surface area contributed by atoms with Crippen LogP contribution in [0.4, 0.5) is 0 Å². The summed E-state index contributed by atoms with van der Waals surface area (Å²) in [5, 5.41) is 9.10. The summed E-state index contributed by atoms with van der Waals surface area (Å²) in [5.74, 6) is 4.48. The summed E-state index contributed by atoms with van der Waals surface area (Å²) in [4.78, 5) is 0. The van der Waals surface area contributed by atoms with E-state index in [1.165, 1.54) is 0 Å². The van der Waals surface area contributed by atoms with E-state index in [4.69, 9.17) is 66.7 Å². The number of ether oxygens (including phenoxy) is 13. The molecule has 0 saturated carbocycles. The van der Waals surface area contributed by atoms with Crippen LogP contribution in [-0.2, 0) is 23.7 Å². The zero-order valence-electron chi connectivity index (χ0n) is 27.2. The predicted octanol–water partition coefficient (Wildman–Crippen LogP) is 2.93. The molecule has 0 spiro atoms. The second-order valence-corrected chi connectivity index (χ2v) is 10.1. The van der Waals surface area contributed by atoms with E-state index in [-0.39, 0.29) is 13.2 Å². The van der Waals surface area contributed by atoms with Gasteiger partial charge in [0.25, 0.3) is 0 Å². The SMILES string of the molecule is CCCOCCOCCOc1cc2c(cc1OCCOCCOCCOCCOc1cc3c(cc1OCCO)OCCO3)OCCO2. The van der Waals surface area contributed by atoms with E-state index in [2.05, 4.69) is 6.92 Å². The van der Waals surface area contributed by atoms with Crippen LogP contribution in [0.1, 0.15) is 13.3 Å². The van der Waals surface area contributed by atoms with Crippen molar-refractivity contribution < 1.29 is 66.7 Å². The average Bonchev–Trinajstić information content (AvgIpc) is 3.10. The second kappa shape index (κ2) is 22.2. The first-order valence-corrected chi connectivity index (χ1v) is 16.2. The van der Waals surface area contributed by atoms with Crippen molar-refractivity contribution >= 4 is 0 Å². The van der Waals surface area contributed by atoms with Gasteiger partial charge in [0.1, 0.15) is 52.9 Å². The summed E-state index contributed by atoms with van der Waals surface area (Å²) in [6, 6.07) is 6.98. The van der Waals surface area contributed by atoms with Crippen LogP contribution in [0.5, 0.6) is 46.0 Å². The molecular formula is C33H48O14. The lowest BCUT2D eigenvalue weighted by atomic mass is 10.2. The molecule has 1 N–H and O–H groups in total. The zero-order chi connectivity index (χ0) is 32.8. The fraction of sp³-hybridized carbons (Fsp3) is 0.636. The Bertz CT molecular complexity index is 1150. The average molecular weight is 669 g/mol. The summed E-state index contributed by atoms with van der Waals surface area (Å²) < 4.78 is 73.7. The van der Waals surface area contributed by atoms with Gasteiger partial charge in [-0.05, 0) is 6.42 Å². The van der Waals surface area contributed by atoms with E-state index in [9.17, 15) is 0 Å². The van der Waals surface area contributed by atoms with Crippen molar-refractivity contribution in [3.8, 4) is 46.0 Å². The third-order valence-electron chi connectivity index (χ3n) is 6.49. The van der Waals surface area contributed by atoms with Gasteiger partial charge in [0.05, 0.1) is 66.1 Å². The largest absolute Gasteiger partial charge is 0.487 e. The molecule has 0 bridgehead atoms. The van der Waals surface area contributed by atoms with E-state index in [1.54, 1.807) is 24.3 Å². The van der Waals surface area contributed by atoms with Gasteiger partial charge in [-0.2, -0.15) is 0 Å². The van der Waals surface area contributed by atoms with Crippen LogP contribution in [-0.4, -0.2) is 131 Å². The maximum atomic E-state index is 9.10. The molecule has 0 aromatic heterocycles. The fourth-order valence-corrected chi connectivity index (χ4v) is 4.35. The molecule has 47 heavy (non-hydrogen) atoms. The Morgan fingerprint density at radius 2 is 0.702 bits per heavy atom. The molecule has 0 atom stereocenters. The Morgan fingerprint density at radius 1 is 0.426 bits per heavy atom. The Kier molecular flexibility index (Phi) is 17.2. The molecule has 2 heterocycles. The smallest absolute Gasteiger partial charge is 0.165 e. The lowest BCUT2D eigenvalue weighted by Gasteiger charge is -2.21. The van der Waals surface area contributed by atoms with E-state index in [0.717, 1.165) is 13.0 Å².